The van der Waals surface area contributed by atoms with Crippen molar-refractivity contribution >= 4 is 46.2 Å². The summed E-state index contributed by atoms with van der Waals surface area (Å²) in [6, 6.07) is 22.4. The molecule has 5 nitrogen and oxygen atoms in total. The van der Waals surface area contributed by atoms with Gasteiger partial charge in [0.2, 0.25) is 0 Å². The summed E-state index contributed by atoms with van der Waals surface area (Å²) in [6.07, 6.45) is 1.77. The molecule has 0 radical (unpaired) electrons. The standard InChI is InChI=1S/C25H19Cl2N3O2S/c1-31-16-10-8-15(9-11-16)30-24(23(29-25(30)33)19-7-2-3-14-28-19)21-13-12-20(32-21)17-5-4-6-18(26)22(17)27/h2-14,23-24H,1H3,(H,29,33)/t23-,24-/m0/s1. The minimum absolute atomic E-state index is 0.213. The third kappa shape index (κ3) is 4.06. The highest BCUT2D eigenvalue weighted by molar-refractivity contribution is 7.80. The van der Waals surface area contributed by atoms with Crippen LogP contribution in [0.15, 0.2) is 83.4 Å². The fourth-order valence-corrected chi connectivity index (χ4v) is 4.75. The van der Waals surface area contributed by atoms with Crippen molar-refractivity contribution in [3.05, 3.63) is 100 Å². The van der Waals surface area contributed by atoms with Crippen LogP contribution >= 0.6 is 35.4 Å². The number of aromatic nitrogens is 1. The number of rotatable bonds is 5. The van der Waals surface area contributed by atoms with Crippen molar-refractivity contribution in [3.8, 4) is 17.1 Å². The minimum atomic E-state index is -0.271. The topological polar surface area (TPSA) is 50.5 Å². The molecule has 2 aromatic carbocycles. The first kappa shape index (κ1) is 21.8. The summed E-state index contributed by atoms with van der Waals surface area (Å²) in [6.45, 7) is 0. The Morgan fingerprint density at radius 1 is 1.00 bits per heavy atom. The highest BCUT2D eigenvalue weighted by Gasteiger charge is 2.42. The molecule has 3 heterocycles. The highest BCUT2D eigenvalue weighted by atomic mass is 35.5. The molecular formula is C25H19Cl2N3O2S. The number of benzene rings is 2. The maximum absolute atomic E-state index is 6.44. The van der Waals surface area contributed by atoms with E-state index in [0.717, 1.165) is 28.5 Å². The van der Waals surface area contributed by atoms with Crippen LogP contribution in [0.25, 0.3) is 11.3 Å². The van der Waals surface area contributed by atoms with Crippen LogP contribution in [-0.2, 0) is 0 Å². The lowest BCUT2D eigenvalue weighted by Crippen LogP contribution is -2.29. The first-order valence-corrected chi connectivity index (χ1v) is 11.4. The van der Waals surface area contributed by atoms with Crippen molar-refractivity contribution < 1.29 is 9.15 Å². The van der Waals surface area contributed by atoms with Crippen LogP contribution in [0.2, 0.25) is 10.0 Å². The maximum Gasteiger partial charge on any atom is 0.174 e. The fourth-order valence-electron chi connectivity index (χ4n) is 4.02. The van der Waals surface area contributed by atoms with Gasteiger partial charge in [-0.05, 0) is 72.9 Å². The Bertz CT molecular complexity index is 1290. The monoisotopic (exact) mass is 495 g/mol. The Balaban J connectivity index is 1.60. The van der Waals surface area contributed by atoms with Gasteiger partial charge in [-0.15, -0.1) is 0 Å². The van der Waals surface area contributed by atoms with E-state index in [1.165, 1.54) is 0 Å². The van der Waals surface area contributed by atoms with Crippen LogP contribution in [0.1, 0.15) is 23.5 Å². The molecule has 4 aromatic rings. The number of anilines is 1. The molecule has 33 heavy (non-hydrogen) atoms. The van der Waals surface area contributed by atoms with Gasteiger partial charge in [0.15, 0.2) is 5.11 Å². The summed E-state index contributed by atoms with van der Waals surface area (Å²) in [5.41, 5.74) is 2.50. The van der Waals surface area contributed by atoms with Gasteiger partial charge in [-0.2, -0.15) is 0 Å². The number of halogens is 2. The van der Waals surface area contributed by atoms with E-state index in [1.807, 2.05) is 71.6 Å². The zero-order valence-electron chi connectivity index (χ0n) is 17.5. The second kappa shape index (κ2) is 9.06. The van der Waals surface area contributed by atoms with Gasteiger partial charge in [0.25, 0.3) is 0 Å². The number of furan rings is 1. The molecule has 166 valence electrons. The Kier molecular flexibility index (Phi) is 5.98. The van der Waals surface area contributed by atoms with E-state index in [9.17, 15) is 0 Å². The van der Waals surface area contributed by atoms with Crippen LogP contribution in [0.4, 0.5) is 5.69 Å². The van der Waals surface area contributed by atoms with E-state index in [2.05, 4.69) is 10.3 Å². The summed E-state index contributed by atoms with van der Waals surface area (Å²) in [7, 11) is 1.64. The van der Waals surface area contributed by atoms with E-state index < -0.39 is 0 Å². The van der Waals surface area contributed by atoms with E-state index in [1.54, 1.807) is 19.4 Å². The third-order valence-corrected chi connectivity index (χ3v) is 6.72. The molecule has 0 saturated carbocycles. The minimum Gasteiger partial charge on any atom is -0.497 e. The molecule has 1 saturated heterocycles. The van der Waals surface area contributed by atoms with Crippen molar-refractivity contribution in [3.63, 3.8) is 0 Å². The molecule has 2 atom stereocenters. The highest BCUT2D eigenvalue weighted by Crippen LogP contribution is 2.44. The molecule has 1 aliphatic rings. The predicted molar refractivity (Wildman–Crippen MR) is 135 cm³/mol. The molecule has 0 bridgehead atoms. The average Bonchev–Trinajstić information content (AvgIpc) is 3.46. The smallest absolute Gasteiger partial charge is 0.174 e. The van der Waals surface area contributed by atoms with Gasteiger partial charge in [-0.3, -0.25) is 4.98 Å². The first-order chi connectivity index (χ1) is 16.1. The molecule has 0 amide bonds. The first-order valence-electron chi connectivity index (χ1n) is 10.3. The van der Waals surface area contributed by atoms with Gasteiger partial charge in [0.05, 0.1) is 28.9 Å². The number of ether oxygens (including phenoxy) is 1. The number of pyridine rings is 1. The van der Waals surface area contributed by atoms with E-state index >= 15 is 0 Å². The van der Waals surface area contributed by atoms with Gasteiger partial charge in [-0.1, -0.05) is 35.3 Å². The van der Waals surface area contributed by atoms with Crippen LogP contribution in [0.3, 0.4) is 0 Å². The van der Waals surface area contributed by atoms with E-state index in [4.69, 9.17) is 44.6 Å². The van der Waals surface area contributed by atoms with Crippen LogP contribution in [0, 0.1) is 0 Å². The van der Waals surface area contributed by atoms with Crippen LogP contribution < -0.4 is 15.0 Å². The van der Waals surface area contributed by atoms with Gasteiger partial charge >= 0.3 is 0 Å². The number of nitrogens with zero attached hydrogens (tertiary/aromatic N) is 2. The molecule has 5 rings (SSSR count). The molecule has 0 aliphatic carbocycles. The largest absolute Gasteiger partial charge is 0.497 e. The second-order valence-electron chi connectivity index (χ2n) is 7.50. The van der Waals surface area contributed by atoms with Gasteiger partial charge in [0.1, 0.15) is 23.3 Å². The lowest BCUT2D eigenvalue weighted by atomic mass is 10.0. The normalized spacial score (nSPS) is 17.8. The zero-order valence-corrected chi connectivity index (χ0v) is 19.9. The molecule has 2 aromatic heterocycles. The molecule has 0 spiro atoms. The zero-order chi connectivity index (χ0) is 22.9. The number of methoxy groups -OCH3 is 1. The van der Waals surface area contributed by atoms with Crippen molar-refractivity contribution in [2.75, 3.05) is 12.0 Å². The quantitative estimate of drug-likeness (QED) is 0.306. The Morgan fingerprint density at radius 2 is 1.82 bits per heavy atom. The summed E-state index contributed by atoms with van der Waals surface area (Å²) >= 11 is 18.4. The Labute approximate surface area is 206 Å². The predicted octanol–water partition coefficient (Wildman–Crippen LogP) is 6.83. The SMILES string of the molecule is COc1ccc(N2C(=S)N[C@@H](c3ccccn3)[C@@H]2c2ccc(-c3cccc(Cl)c3Cl)o2)cc1. The van der Waals surface area contributed by atoms with Crippen molar-refractivity contribution in [1.29, 1.82) is 0 Å². The van der Waals surface area contributed by atoms with Gasteiger partial charge in [0, 0.05) is 17.4 Å². The molecular weight excluding hydrogens is 477 g/mol. The molecule has 1 aliphatic heterocycles. The lowest BCUT2D eigenvalue weighted by molar-refractivity contribution is 0.414. The van der Waals surface area contributed by atoms with Crippen LogP contribution in [-0.4, -0.2) is 17.2 Å². The van der Waals surface area contributed by atoms with Gasteiger partial charge < -0.3 is 19.4 Å². The summed E-state index contributed by atoms with van der Waals surface area (Å²) in [5.74, 6) is 2.12. The molecule has 0 unspecified atom stereocenters. The molecule has 1 fully saturated rings. The molecule has 8 heteroatoms. The van der Waals surface area contributed by atoms with Crippen molar-refractivity contribution in [1.82, 2.24) is 10.3 Å². The molecule has 1 N–H and O–H groups in total. The third-order valence-electron chi connectivity index (χ3n) is 5.58. The summed E-state index contributed by atoms with van der Waals surface area (Å²) in [5, 5.41) is 4.93. The summed E-state index contributed by atoms with van der Waals surface area (Å²) < 4.78 is 11.7. The second-order valence-corrected chi connectivity index (χ2v) is 8.67. The lowest BCUT2D eigenvalue weighted by Gasteiger charge is -2.26. The maximum atomic E-state index is 6.44. The van der Waals surface area contributed by atoms with Crippen LogP contribution in [0.5, 0.6) is 5.75 Å². The van der Waals surface area contributed by atoms with E-state index in [-0.39, 0.29) is 12.1 Å². The van der Waals surface area contributed by atoms with Gasteiger partial charge in [-0.25, -0.2) is 0 Å². The Morgan fingerprint density at radius 3 is 2.55 bits per heavy atom. The average molecular weight is 496 g/mol. The fraction of sp³-hybridized carbons (Fsp3) is 0.120. The number of thiocarbonyl (C=S) groups is 1. The Hall–Kier alpha value is -3.06. The van der Waals surface area contributed by atoms with Crippen molar-refractivity contribution in [2.45, 2.75) is 12.1 Å². The number of hydrogen-bond donors (Lipinski definition) is 1. The van der Waals surface area contributed by atoms with Crippen molar-refractivity contribution in [2.24, 2.45) is 0 Å². The number of nitrogens with one attached hydrogen (secondary N) is 1. The number of hydrogen-bond acceptors (Lipinski definition) is 4. The summed E-state index contributed by atoms with van der Waals surface area (Å²) in [4.78, 5) is 6.61. The van der Waals surface area contributed by atoms with E-state index in [0.29, 0.717) is 20.9 Å².